The number of likely N-dealkylation sites (N-methyl/N-ethyl adjacent to an activating group) is 1. The normalized spacial score (nSPS) is 11.3. The SMILES string of the molecule is CCN(CCNCc1cccc(C)c1O)C(=O)OC(C)(C)C. The number of nitrogens with zero attached hydrogens (tertiary/aromatic N) is 1. The second-order valence-electron chi connectivity index (χ2n) is 6.32. The number of nitrogens with one attached hydrogen (secondary N) is 1. The maximum Gasteiger partial charge on any atom is 0.410 e. The van der Waals surface area contributed by atoms with E-state index in [0.717, 1.165) is 11.1 Å². The van der Waals surface area contributed by atoms with Gasteiger partial charge in [-0.1, -0.05) is 18.2 Å². The van der Waals surface area contributed by atoms with Gasteiger partial charge in [0.1, 0.15) is 11.4 Å². The standard InChI is InChI=1S/C17H28N2O3/c1-6-19(16(21)22-17(3,4)5)11-10-18-12-14-9-7-8-13(2)15(14)20/h7-9,18,20H,6,10-12H2,1-5H3. The number of carbonyl (C=O) groups excluding carboxylic acids is 1. The quantitative estimate of drug-likeness (QED) is 0.793. The topological polar surface area (TPSA) is 61.8 Å². The van der Waals surface area contributed by atoms with Gasteiger partial charge in [0.2, 0.25) is 0 Å². The van der Waals surface area contributed by atoms with Crippen molar-refractivity contribution >= 4 is 6.09 Å². The Kier molecular flexibility index (Phi) is 6.68. The summed E-state index contributed by atoms with van der Waals surface area (Å²) in [5.41, 5.74) is 1.24. The molecule has 0 aliphatic carbocycles. The third-order valence-electron chi connectivity index (χ3n) is 3.23. The molecule has 0 bridgehead atoms. The number of aryl methyl sites for hydroxylation is 1. The summed E-state index contributed by atoms with van der Waals surface area (Å²) in [7, 11) is 0. The Balaban J connectivity index is 2.42. The average Bonchev–Trinajstić information content (AvgIpc) is 2.41. The van der Waals surface area contributed by atoms with Crippen LogP contribution < -0.4 is 5.32 Å². The second-order valence-corrected chi connectivity index (χ2v) is 6.32. The zero-order valence-corrected chi connectivity index (χ0v) is 14.3. The molecule has 22 heavy (non-hydrogen) atoms. The third kappa shape index (κ3) is 5.93. The van der Waals surface area contributed by atoms with Crippen LogP contribution in [0.3, 0.4) is 0 Å². The monoisotopic (exact) mass is 308 g/mol. The number of benzene rings is 1. The van der Waals surface area contributed by atoms with Crippen LogP contribution in [0.1, 0.15) is 38.8 Å². The van der Waals surface area contributed by atoms with E-state index in [0.29, 0.717) is 31.9 Å². The summed E-state index contributed by atoms with van der Waals surface area (Å²) >= 11 is 0. The summed E-state index contributed by atoms with van der Waals surface area (Å²) < 4.78 is 5.36. The van der Waals surface area contributed by atoms with Gasteiger partial charge in [0, 0.05) is 31.7 Å². The van der Waals surface area contributed by atoms with Gasteiger partial charge in [-0.3, -0.25) is 0 Å². The van der Waals surface area contributed by atoms with Crippen molar-refractivity contribution in [3.63, 3.8) is 0 Å². The number of phenolic OH excluding ortho intramolecular Hbond substituents is 1. The first-order valence-electron chi connectivity index (χ1n) is 7.70. The number of para-hydroxylation sites is 1. The van der Waals surface area contributed by atoms with Gasteiger partial charge in [0.25, 0.3) is 0 Å². The van der Waals surface area contributed by atoms with Crippen LogP contribution in [0, 0.1) is 6.92 Å². The van der Waals surface area contributed by atoms with Crippen LogP contribution in [0.4, 0.5) is 4.79 Å². The maximum absolute atomic E-state index is 12.0. The largest absolute Gasteiger partial charge is 0.507 e. The Hall–Kier alpha value is -1.75. The average molecular weight is 308 g/mol. The molecule has 1 aromatic carbocycles. The van der Waals surface area contributed by atoms with Crippen molar-refractivity contribution in [3.05, 3.63) is 29.3 Å². The number of rotatable bonds is 6. The van der Waals surface area contributed by atoms with Crippen LogP contribution >= 0.6 is 0 Å². The number of hydrogen-bond acceptors (Lipinski definition) is 4. The Bertz CT molecular complexity index is 495. The number of hydrogen-bond donors (Lipinski definition) is 2. The molecule has 0 radical (unpaired) electrons. The van der Waals surface area contributed by atoms with Crippen molar-refractivity contribution in [2.24, 2.45) is 0 Å². The Morgan fingerprint density at radius 1 is 1.36 bits per heavy atom. The second kappa shape index (κ2) is 8.03. The van der Waals surface area contributed by atoms with Gasteiger partial charge in [0.05, 0.1) is 0 Å². The first-order chi connectivity index (χ1) is 10.2. The first-order valence-corrected chi connectivity index (χ1v) is 7.70. The van der Waals surface area contributed by atoms with Crippen molar-refractivity contribution in [2.45, 2.75) is 46.8 Å². The van der Waals surface area contributed by atoms with Crippen molar-refractivity contribution < 1.29 is 14.6 Å². The first kappa shape index (κ1) is 18.3. The van der Waals surface area contributed by atoms with Gasteiger partial charge >= 0.3 is 6.09 Å². The molecule has 0 atom stereocenters. The van der Waals surface area contributed by atoms with Crippen molar-refractivity contribution in [2.75, 3.05) is 19.6 Å². The fourth-order valence-corrected chi connectivity index (χ4v) is 2.00. The predicted octanol–water partition coefficient (Wildman–Crippen LogP) is 3.05. The number of phenols is 1. The zero-order chi connectivity index (χ0) is 16.8. The number of aromatic hydroxyl groups is 1. The Labute approximate surface area is 133 Å². The molecule has 1 aromatic rings. The van der Waals surface area contributed by atoms with E-state index in [-0.39, 0.29) is 6.09 Å². The molecule has 5 heteroatoms. The van der Waals surface area contributed by atoms with E-state index in [4.69, 9.17) is 4.74 Å². The minimum Gasteiger partial charge on any atom is -0.507 e. The van der Waals surface area contributed by atoms with E-state index in [9.17, 15) is 9.90 Å². The molecule has 0 aromatic heterocycles. The smallest absolute Gasteiger partial charge is 0.410 e. The van der Waals surface area contributed by atoms with Gasteiger partial charge in [-0.05, 0) is 40.2 Å². The third-order valence-corrected chi connectivity index (χ3v) is 3.23. The van der Waals surface area contributed by atoms with Crippen LogP contribution in [0.2, 0.25) is 0 Å². The van der Waals surface area contributed by atoms with E-state index in [1.54, 1.807) is 4.90 Å². The molecular weight excluding hydrogens is 280 g/mol. The molecule has 0 aliphatic rings. The molecule has 5 nitrogen and oxygen atoms in total. The highest BCUT2D eigenvalue weighted by Gasteiger charge is 2.20. The molecule has 2 N–H and O–H groups in total. The van der Waals surface area contributed by atoms with Crippen molar-refractivity contribution in [1.29, 1.82) is 0 Å². The highest BCUT2D eigenvalue weighted by molar-refractivity contribution is 5.68. The molecule has 0 heterocycles. The molecule has 0 aliphatic heterocycles. The summed E-state index contributed by atoms with van der Waals surface area (Å²) in [4.78, 5) is 13.6. The molecule has 0 saturated heterocycles. The lowest BCUT2D eigenvalue weighted by molar-refractivity contribution is 0.0262. The highest BCUT2D eigenvalue weighted by Crippen LogP contribution is 2.20. The summed E-state index contributed by atoms with van der Waals surface area (Å²) in [6, 6.07) is 5.69. The molecule has 1 rings (SSSR count). The van der Waals surface area contributed by atoms with Crippen LogP contribution in [0.15, 0.2) is 18.2 Å². The van der Waals surface area contributed by atoms with Crippen molar-refractivity contribution in [3.8, 4) is 5.75 Å². The van der Waals surface area contributed by atoms with E-state index in [1.165, 1.54) is 0 Å². The zero-order valence-electron chi connectivity index (χ0n) is 14.3. The highest BCUT2D eigenvalue weighted by atomic mass is 16.6. The van der Waals surface area contributed by atoms with Crippen molar-refractivity contribution in [1.82, 2.24) is 10.2 Å². The van der Waals surface area contributed by atoms with E-state index in [1.807, 2.05) is 52.8 Å². The minimum absolute atomic E-state index is 0.296. The number of ether oxygens (including phenoxy) is 1. The van der Waals surface area contributed by atoms with Gasteiger partial charge in [-0.2, -0.15) is 0 Å². The summed E-state index contributed by atoms with van der Waals surface area (Å²) in [6.07, 6.45) is -0.296. The van der Waals surface area contributed by atoms with Crippen LogP contribution in [0.5, 0.6) is 5.75 Å². The fourth-order valence-electron chi connectivity index (χ4n) is 2.00. The number of carbonyl (C=O) groups is 1. The molecule has 0 saturated carbocycles. The molecule has 0 fully saturated rings. The fraction of sp³-hybridized carbons (Fsp3) is 0.588. The molecule has 0 spiro atoms. The predicted molar refractivity (Wildman–Crippen MR) is 88.0 cm³/mol. The van der Waals surface area contributed by atoms with Crippen LogP contribution in [0.25, 0.3) is 0 Å². The van der Waals surface area contributed by atoms with E-state index < -0.39 is 5.60 Å². The van der Waals surface area contributed by atoms with Gasteiger partial charge < -0.3 is 20.1 Å². The lowest BCUT2D eigenvalue weighted by Crippen LogP contribution is -2.40. The van der Waals surface area contributed by atoms with Crippen LogP contribution in [-0.4, -0.2) is 41.3 Å². The molecular formula is C17H28N2O3. The van der Waals surface area contributed by atoms with Gasteiger partial charge in [-0.15, -0.1) is 0 Å². The summed E-state index contributed by atoms with van der Waals surface area (Å²) in [5.74, 6) is 0.328. The van der Waals surface area contributed by atoms with E-state index >= 15 is 0 Å². The summed E-state index contributed by atoms with van der Waals surface area (Å²) in [6.45, 7) is 11.8. The Morgan fingerprint density at radius 2 is 2.05 bits per heavy atom. The van der Waals surface area contributed by atoms with Gasteiger partial charge in [-0.25, -0.2) is 4.79 Å². The Morgan fingerprint density at radius 3 is 2.64 bits per heavy atom. The lowest BCUT2D eigenvalue weighted by Gasteiger charge is -2.26. The lowest BCUT2D eigenvalue weighted by atomic mass is 10.1. The maximum atomic E-state index is 12.0. The number of amides is 1. The van der Waals surface area contributed by atoms with Crippen LogP contribution in [-0.2, 0) is 11.3 Å². The molecule has 0 unspecified atom stereocenters. The van der Waals surface area contributed by atoms with E-state index in [2.05, 4.69) is 5.32 Å². The summed E-state index contributed by atoms with van der Waals surface area (Å²) in [5, 5.41) is 13.2. The van der Waals surface area contributed by atoms with Gasteiger partial charge in [0.15, 0.2) is 0 Å². The molecule has 124 valence electrons. The minimum atomic E-state index is -0.481. The molecule has 1 amide bonds.